The van der Waals surface area contributed by atoms with Gasteiger partial charge in [0.2, 0.25) is 0 Å². The van der Waals surface area contributed by atoms with E-state index in [9.17, 15) is 0 Å². The molecule has 1 aromatic heterocycles. The summed E-state index contributed by atoms with van der Waals surface area (Å²) in [6.45, 7) is 2.21. The minimum Gasteiger partial charge on any atom is -0.361 e. The Bertz CT molecular complexity index is 834. The molecule has 2 aromatic carbocycles. The van der Waals surface area contributed by atoms with E-state index in [4.69, 9.17) is 23.2 Å². The first kappa shape index (κ1) is 15.1. The minimum atomic E-state index is 0.185. The number of aromatic nitrogens is 1. The lowest BCUT2D eigenvalue weighted by Crippen LogP contribution is -2.26. The minimum absolute atomic E-state index is 0.185. The number of benzene rings is 2. The van der Waals surface area contributed by atoms with Crippen LogP contribution >= 0.6 is 23.2 Å². The molecule has 1 aliphatic heterocycles. The first-order valence-electron chi connectivity index (χ1n) is 7.99. The number of aromatic amines is 1. The highest BCUT2D eigenvalue weighted by Crippen LogP contribution is 2.38. The van der Waals surface area contributed by atoms with Crippen LogP contribution in [0.1, 0.15) is 30.0 Å². The number of H-pyrrole nitrogens is 1. The molecule has 1 saturated heterocycles. The quantitative estimate of drug-likeness (QED) is 0.649. The number of fused-ring (bicyclic) bond motifs is 1. The SMILES string of the molecule is Clc1cccc(C(c2c[nH]c3cccc(Cl)c23)N2CCCC2)c1. The predicted molar refractivity (Wildman–Crippen MR) is 97.4 cm³/mol. The Hall–Kier alpha value is -1.48. The second-order valence-corrected chi connectivity index (χ2v) is 6.95. The average molecular weight is 345 g/mol. The van der Waals surface area contributed by atoms with Crippen molar-refractivity contribution in [2.75, 3.05) is 13.1 Å². The van der Waals surface area contributed by atoms with Gasteiger partial charge in [-0.1, -0.05) is 41.4 Å². The third-order valence-corrected chi connectivity index (χ3v) is 5.20. The van der Waals surface area contributed by atoms with Crippen LogP contribution in [-0.4, -0.2) is 23.0 Å². The first-order chi connectivity index (χ1) is 11.2. The standard InChI is InChI=1S/C19H18Cl2N2/c20-14-6-3-5-13(11-14)19(23-9-1-2-10-23)15-12-22-17-8-4-7-16(21)18(15)17/h3-8,11-12,19,22H,1-2,9-10H2. The Labute approximate surface area is 146 Å². The Morgan fingerprint density at radius 1 is 1.00 bits per heavy atom. The molecular weight excluding hydrogens is 327 g/mol. The van der Waals surface area contributed by atoms with E-state index in [1.54, 1.807) is 0 Å². The zero-order chi connectivity index (χ0) is 15.8. The number of hydrogen-bond donors (Lipinski definition) is 1. The molecule has 0 aliphatic carbocycles. The molecule has 0 radical (unpaired) electrons. The molecule has 0 saturated carbocycles. The maximum Gasteiger partial charge on any atom is 0.0624 e. The van der Waals surface area contributed by atoms with E-state index in [0.717, 1.165) is 34.0 Å². The molecule has 2 nitrogen and oxygen atoms in total. The molecule has 1 N–H and O–H groups in total. The van der Waals surface area contributed by atoms with Crippen LogP contribution in [0.2, 0.25) is 10.0 Å². The summed E-state index contributed by atoms with van der Waals surface area (Å²) in [7, 11) is 0. The molecule has 0 amide bonds. The molecule has 2 heterocycles. The first-order valence-corrected chi connectivity index (χ1v) is 8.74. The van der Waals surface area contributed by atoms with E-state index in [0.29, 0.717) is 0 Å². The smallest absolute Gasteiger partial charge is 0.0624 e. The van der Waals surface area contributed by atoms with Gasteiger partial charge in [0.05, 0.1) is 11.1 Å². The van der Waals surface area contributed by atoms with E-state index in [-0.39, 0.29) is 6.04 Å². The van der Waals surface area contributed by atoms with Gasteiger partial charge in [0, 0.05) is 27.7 Å². The topological polar surface area (TPSA) is 19.0 Å². The number of nitrogens with zero attached hydrogens (tertiary/aromatic N) is 1. The van der Waals surface area contributed by atoms with Gasteiger partial charge >= 0.3 is 0 Å². The lowest BCUT2D eigenvalue weighted by molar-refractivity contribution is 0.282. The fraction of sp³-hybridized carbons (Fsp3) is 0.263. The lowest BCUT2D eigenvalue weighted by atomic mass is 9.97. The van der Waals surface area contributed by atoms with E-state index in [1.807, 2.05) is 24.3 Å². The van der Waals surface area contributed by atoms with Gasteiger partial charge in [-0.05, 0) is 55.8 Å². The zero-order valence-electron chi connectivity index (χ0n) is 12.7. The molecule has 4 heteroatoms. The molecule has 1 atom stereocenters. The van der Waals surface area contributed by atoms with Crippen LogP contribution < -0.4 is 0 Å². The van der Waals surface area contributed by atoms with E-state index < -0.39 is 0 Å². The van der Waals surface area contributed by atoms with Gasteiger partial charge in [-0.25, -0.2) is 0 Å². The number of rotatable bonds is 3. The van der Waals surface area contributed by atoms with Gasteiger partial charge in [0.15, 0.2) is 0 Å². The Morgan fingerprint density at radius 2 is 1.78 bits per heavy atom. The fourth-order valence-corrected chi connectivity index (χ4v) is 4.13. The maximum atomic E-state index is 6.51. The van der Waals surface area contributed by atoms with Gasteiger partial charge in [-0.2, -0.15) is 0 Å². The van der Waals surface area contributed by atoms with Gasteiger partial charge in [0.25, 0.3) is 0 Å². The molecular formula is C19H18Cl2N2. The largest absolute Gasteiger partial charge is 0.361 e. The summed E-state index contributed by atoms with van der Waals surface area (Å²) in [5.74, 6) is 0. The number of nitrogens with one attached hydrogen (secondary N) is 1. The molecule has 4 rings (SSSR count). The summed E-state index contributed by atoms with van der Waals surface area (Å²) < 4.78 is 0. The van der Waals surface area contributed by atoms with Crippen LogP contribution in [0.5, 0.6) is 0 Å². The van der Waals surface area contributed by atoms with Crippen molar-refractivity contribution in [3.63, 3.8) is 0 Å². The summed E-state index contributed by atoms with van der Waals surface area (Å²) in [6.07, 6.45) is 4.58. The Balaban J connectivity index is 1.90. The predicted octanol–water partition coefficient (Wildman–Crippen LogP) is 5.66. The Kier molecular flexibility index (Phi) is 4.06. The highest BCUT2D eigenvalue weighted by Gasteiger charge is 2.27. The van der Waals surface area contributed by atoms with Crippen LogP contribution in [0.15, 0.2) is 48.7 Å². The van der Waals surface area contributed by atoms with E-state index in [1.165, 1.54) is 24.0 Å². The van der Waals surface area contributed by atoms with Gasteiger partial charge in [0.1, 0.15) is 0 Å². The number of halogens is 2. The van der Waals surface area contributed by atoms with E-state index >= 15 is 0 Å². The molecule has 1 aliphatic rings. The summed E-state index contributed by atoms with van der Waals surface area (Å²) in [5, 5.41) is 2.69. The highest BCUT2D eigenvalue weighted by molar-refractivity contribution is 6.35. The van der Waals surface area contributed by atoms with Crippen LogP contribution in [0, 0.1) is 0 Å². The summed E-state index contributed by atoms with van der Waals surface area (Å²) >= 11 is 12.8. The molecule has 0 spiro atoms. The Morgan fingerprint density at radius 3 is 2.57 bits per heavy atom. The molecule has 1 fully saturated rings. The third-order valence-electron chi connectivity index (χ3n) is 4.65. The monoisotopic (exact) mass is 344 g/mol. The number of hydrogen-bond acceptors (Lipinski definition) is 1. The number of likely N-dealkylation sites (tertiary alicyclic amines) is 1. The van der Waals surface area contributed by atoms with Gasteiger partial charge in [-0.15, -0.1) is 0 Å². The van der Waals surface area contributed by atoms with Gasteiger partial charge < -0.3 is 4.98 Å². The molecule has 0 bridgehead atoms. The van der Waals surface area contributed by atoms with Crippen LogP contribution in [0.3, 0.4) is 0 Å². The van der Waals surface area contributed by atoms with Crippen LogP contribution in [-0.2, 0) is 0 Å². The molecule has 118 valence electrons. The van der Waals surface area contributed by atoms with E-state index in [2.05, 4.69) is 34.3 Å². The summed E-state index contributed by atoms with van der Waals surface area (Å²) in [5.41, 5.74) is 3.54. The fourth-order valence-electron chi connectivity index (χ4n) is 3.64. The highest BCUT2D eigenvalue weighted by atomic mass is 35.5. The van der Waals surface area contributed by atoms with Crippen molar-refractivity contribution in [3.05, 3.63) is 69.8 Å². The average Bonchev–Trinajstić information content (AvgIpc) is 3.19. The zero-order valence-corrected chi connectivity index (χ0v) is 14.2. The van der Waals surface area contributed by atoms with Crippen molar-refractivity contribution >= 4 is 34.1 Å². The molecule has 23 heavy (non-hydrogen) atoms. The molecule has 3 aromatic rings. The summed E-state index contributed by atoms with van der Waals surface area (Å²) in [6, 6.07) is 14.4. The normalized spacial score (nSPS) is 17.0. The van der Waals surface area contributed by atoms with Crippen LogP contribution in [0.4, 0.5) is 0 Å². The van der Waals surface area contributed by atoms with Crippen molar-refractivity contribution < 1.29 is 0 Å². The lowest BCUT2D eigenvalue weighted by Gasteiger charge is -2.28. The maximum absolute atomic E-state index is 6.51. The van der Waals surface area contributed by atoms with Gasteiger partial charge in [-0.3, -0.25) is 4.90 Å². The van der Waals surface area contributed by atoms with Crippen molar-refractivity contribution in [2.24, 2.45) is 0 Å². The van der Waals surface area contributed by atoms with Crippen LogP contribution in [0.25, 0.3) is 10.9 Å². The molecule has 1 unspecified atom stereocenters. The van der Waals surface area contributed by atoms with Crippen molar-refractivity contribution in [2.45, 2.75) is 18.9 Å². The van der Waals surface area contributed by atoms with Crippen molar-refractivity contribution in [1.29, 1.82) is 0 Å². The summed E-state index contributed by atoms with van der Waals surface area (Å²) in [4.78, 5) is 5.90. The van der Waals surface area contributed by atoms with Crippen molar-refractivity contribution in [3.8, 4) is 0 Å². The third kappa shape index (κ3) is 2.76. The second kappa shape index (κ2) is 6.20. The second-order valence-electron chi connectivity index (χ2n) is 6.11. The van der Waals surface area contributed by atoms with Crippen molar-refractivity contribution in [1.82, 2.24) is 9.88 Å².